The number of ether oxygens (including phenoxy) is 2. The molecule has 0 aromatic rings. The van der Waals surface area contributed by atoms with Crippen LogP contribution in [0.2, 0.25) is 0 Å². The van der Waals surface area contributed by atoms with Crippen LogP contribution in [0.5, 0.6) is 0 Å². The molecule has 2 aliphatic rings. The van der Waals surface area contributed by atoms with Crippen LogP contribution in [0.15, 0.2) is 0 Å². The fourth-order valence-corrected chi connectivity index (χ4v) is 3.73. The molecule has 1 heterocycles. The number of fused-ring (bicyclic) bond motifs is 2. The SMILES string of the molecule is COC1(OC)C2CCCC1CN(CCCN)C2. The molecular weight excluding hydrogens is 216 g/mol. The van der Waals surface area contributed by atoms with E-state index >= 15 is 0 Å². The average molecular weight is 242 g/mol. The van der Waals surface area contributed by atoms with E-state index in [2.05, 4.69) is 4.90 Å². The van der Waals surface area contributed by atoms with Crippen molar-refractivity contribution >= 4 is 0 Å². The van der Waals surface area contributed by atoms with E-state index < -0.39 is 0 Å². The van der Waals surface area contributed by atoms with Gasteiger partial charge in [-0.3, -0.25) is 0 Å². The molecule has 2 N–H and O–H groups in total. The Kier molecular flexibility index (Phi) is 4.42. The van der Waals surface area contributed by atoms with Gasteiger partial charge in [-0.2, -0.15) is 0 Å². The van der Waals surface area contributed by atoms with Crippen molar-refractivity contribution in [2.75, 3.05) is 40.4 Å². The second kappa shape index (κ2) is 5.65. The van der Waals surface area contributed by atoms with E-state index in [-0.39, 0.29) is 5.79 Å². The van der Waals surface area contributed by atoms with Crippen LogP contribution in [0.25, 0.3) is 0 Å². The van der Waals surface area contributed by atoms with Gasteiger partial charge in [0.2, 0.25) is 0 Å². The third-order valence-corrected chi connectivity index (χ3v) is 4.52. The van der Waals surface area contributed by atoms with E-state index in [0.717, 1.165) is 32.6 Å². The standard InChI is InChI=1S/C13H26N2O2/c1-16-13(17-2)11-5-3-6-12(13)10-15(9-11)8-4-7-14/h11-12H,3-10,14H2,1-2H3. The van der Waals surface area contributed by atoms with E-state index in [1.807, 2.05) is 0 Å². The van der Waals surface area contributed by atoms with Crippen molar-refractivity contribution in [1.29, 1.82) is 0 Å². The molecular formula is C13H26N2O2. The van der Waals surface area contributed by atoms with Crippen LogP contribution in [0.3, 0.4) is 0 Å². The molecule has 2 atom stereocenters. The highest BCUT2D eigenvalue weighted by Gasteiger charge is 2.52. The Balaban J connectivity index is 2.05. The van der Waals surface area contributed by atoms with E-state index in [9.17, 15) is 0 Å². The first kappa shape index (κ1) is 13.3. The second-order valence-electron chi connectivity index (χ2n) is 5.36. The van der Waals surface area contributed by atoms with Crippen LogP contribution in [0.4, 0.5) is 0 Å². The van der Waals surface area contributed by atoms with E-state index in [1.54, 1.807) is 14.2 Å². The molecule has 2 rings (SSSR count). The zero-order valence-corrected chi connectivity index (χ0v) is 11.2. The molecule has 17 heavy (non-hydrogen) atoms. The van der Waals surface area contributed by atoms with Crippen molar-refractivity contribution in [2.45, 2.75) is 31.5 Å². The molecule has 1 aliphatic carbocycles. The van der Waals surface area contributed by atoms with Crippen LogP contribution in [0.1, 0.15) is 25.7 Å². The van der Waals surface area contributed by atoms with Gasteiger partial charge in [0.05, 0.1) is 0 Å². The average Bonchev–Trinajstić information content (AvgIpc) is 2.35. The van der Waals surface area contributed by atoms with Gasteiger partial charge in [0.1, 0.15) is 0 Å². The quantitative estimate of drug-likeness (QED) is 0.732. The number of likely N-dealkylation sites (tertiary alicyclic amines) is 1. The lowest BCUT2D eigenvalue weighted by Gasteiger charge is -2.53. The number of rotatable bonds is 5. The number of hydrogen-bond donors (Lipinski definition) is 1. The Morgan fingerprint density at radius 1 is 1.18 bits per heavy atom. The minimum Gasteiger partial charge on any atom is -0.353 e. The number of piperidine rings is 1. The maximum Gasteiger partial charge on any atom is 0.175 e. The zero-order chi connectivity index (χ0) is 12.3. The van der Waals surface area contributed by atoms with Gasteiger partial charge in [-0.25, -0.2) is 0 Å². The Bertz CT molecular complexity index is 228. The Morgan fingerprint density at radius 3 is 2.24 bits per heavy atom. The Hall–Kier alpha value is -0.160. The molecule has 1 saturated carbocycles. The molecule has 2 fully saturated rings. The Labute approximate surface area is 104 Å². The molecule has 1 aliphatic heterocycles. The molecule has 100 valence electrons. The molecule has 0 aromatic heterocycles. The third-order valence-electron chi connectivity index (χ3n) is 4.52. The number of nitrogens with two attached hydrogens (primary N) is 1. The number of nitrogens with zero attached hydrogens (tertiary/aromatic N) is 1. The lowest BCUT2D eigenvalue weighted by atomic mass is 9.72. The minimum absolute atomic E-state index is 0.322. The van der Waals surface area contributed by atoms with E-state index in [0.29, 0.717) is 11.8 Å². The van der Waals surface area contributed by atoms with Gasteiger partial charge in [-0.1, -0.05) is 6.42 Å². The van der Waals surface area contributed by atoms with Gasteiger partial charge in [0.25, 0.3) is 0 Å². The molecule has 2 unspecified atom stereocenters. The van der Waals surface area contributed by atoms with Gasteiger partial charge in [-0.15, -0.1) is 0 Å². The summed E-state index contributed by atoms with van der Waals surface area (Å²) >= 11 is 0. The van der Waals surface area contributed by atoms with Crippen molar-refractivity contribution in [1.82, 2.24) is 4.90 Å². The zero-order valence-electron chi connectivity index (χ0n) is 11.2. The van der Waals surface area contributed by atoms with Gasteiger partial charge in [0, 0.05) is 39.1 Å². The van der Waals surface area contributed by atoms with Gasteiger partial charge < -0.3 is 20.1 Å². The van der Waals surface area contributed by atoms with E-state index in [4.69, 9.17) is 15.2 Å². The van der Waals surface area contributed by atoms with Crippen molar-refractivity contribution in [3.8, 4) is 0 Å². The first-order chi connectivity index (χ1) is 8.26. The van der Waals surface area contributed by atoms with Crippen LogP contribution in [0, 0.1) is 11.8 Å². The lowest BCUT2D eigenvalue weighted by Crippen LogP contribution is -2.62. The maximum atomic E-state index is 5.77. The second-order valence-corrected chi connectivity index (χ2v) is 5.36. The lowest BCUT2D eigenvalue weighted by molar-refractivity contribution is -0.302. The minimum atomic E-state index is -0.322. The smallest absolute Gasteiger partial charge is 0.175 e. The predicted octanol–water partition coefficient (Wildman–Crippen LogP) is 1.06. The molecule has 0 aromatic carbocycles. The van der Waals surface area contributed by atoms with Crippen LogP contribution < -0.4 is 5.73 Å². The summed E-state index contributed by atoms with van der Waals surface area (Å²) in [4.78, 5) is 2.54. The summed E-state index contributed by atoms with van der Waals surface area (Å²) in [5.74, 6) is 0.711. The summed E-state index contributed by atoms with van der Waals surface area (Å²) < 4.78 is 11.5. The molecule has 1 saturated heterocycles. The van der Waals surface area contributed by atoms with E-state index in [1.165, 1.54) is 19.3 Å². The maximum absolute atomic E-state index is 5.77. The topological polar surface area (TPSA) is 47.7 Å². The molecule has 0 spiro atoms. The van der Waals surface area contributed by atoms with Crippen molar-refractivity contribution in [3.05, 3.63) is 0 Å². The Morgan fingerprint density at radius 2 is 1.76 bits per heavy atom. The summed E-state index contributed by atoms with van der Waals surface area (Å²) in [7, 11) is 3.59. The first-order valence-corrected chi connectivity index (χ1v) is 6.79. The highest BCUT2D eigenvalue weighted by molar-refractivity contribution is 4.97. The highest BCUT2D eigenvalue weighted by atomic mass is 16.7. The molecule has 2 bridgehead atoms. The van der Waals surface area contributed by atoms with Gasteiger partial charge in [0.15, 0.2) is 5.79 Å². The fourth-order valence-electron chi connectivity index (χ4n) is 3.73. The van der Waals surface area contributed by atoms with Crippen LogP contribution in [-0.2, 0) is 9.47 Å². The summed E-state index contributed by atoms with van der Waals surface area (Å²) in [6, 6.07) is 0. The molecule has 4 heteroatoms. The number of methoxy groups -OCH3 is 2. The van der Waals surface area contributed by atoms with Crippen LogP contribution >= 0.6 is 0 Å². The highest BCUT2D eigenvalue weighted by Crippen LogP contribution is 2.45. The van der Waals surface area contributed by atoms with Crippen molar-refractivity contribution < 1.29 is 9.47 Å². The largest absolute Gasteiger partial charge is 0.353 e. The summed E-state index contributed by atoms with van der Waals surface area (Å²) in [5.41, 5.74) is 5.59. The summed E-state index contributed by atoms with van der Waals surface area (Å²) in [6.45, 7) is 4.09. The summed E-state index contributed by atoms with van der Waals surface area (Å²) in [6.07, 6.45) is 4.84. The first-order valence-electron chi connectivity index (χ1n) is 6.79. The molecule has 0 radical (unpaired) electrons. The van der Waals surface area contributed by atoms with Crippen molar-refractivity contribution in [3.63, 3.8) is 0 Å². The third kappa shape index (κ3) is 2.36. The van der Waals surface area contributed by atoms with Gasteiger partial charge in [-0.05, 0) is 32.4 Å². The van der Waals surface area contributed by atoms with Crippen LogP contribution in [-0.4, -0.2) is 51.1 Å². The number of hydrogen-bond acceptors (Lipinski definition) is 4. The molecule has 4 nitrogen and oxygen atoms in total. The normalized spacial score (nSPS) is 32.6. The molecule has 0 amide bonds. The predicted molar refractivity (Wildman–Crippen MR) is 67.7 cm³/mol. The monoisotopic (exact) mass is 242 g/mol. The fraction of sp³-hybridized carbons (Fsp3) is 1.00. The van der Waals surface area contributed by atoms with Gasteiger partial charge >= 0.3 is 0 Å². The van der Waals surface area contributed by atoms with Crippen molar-refractivity contribution in [2.24, 2.45) is 17.6 Å². The summed E-state index contributed by atoms with van der Waals surface area (Å²) in [5, 5.41) is 0.